The number of urea groups is 2. The molecule has 0 aliphatic carbocycles. The summed E-state index contributed by atoms with van der Waals surface area (Å²) in [6.45, 7) is 1.64. The molecule has 4 amide bonds. The quantitative estimate of drug-likeness (QED) is 0.225. The minimum Gasteiger partial charge on any atom is -0.481 e. The maximum absolute atomic E-state index is 13.6. The van der Waals surface area contributed by atoms with Gasteiger partial charge in [-0.3, -0.25) is 9.78 Å². The van der Waals surface area contributed by atoms with Crippen molar-refractivity contribution in [2.24, 2.45) is 10.2 Å². The van der Waals surface area contributed by atoms with Gasteiger partial charge in [-0.05, 0) is 41.5 Å². The summed E-state index contributed by atoms with van der Waals surface area (Å²) >= 11 is 0. The monoisotopic (exact) mass is 790 g/mol. The lowest BCUT2D eigenvalue weighted by Crippen LogP contribution is -2.40. The van der Waals surface area contributed by atoms with E-state index in [1.807, 2.05) is 0 Å². The molecule has 4 aromatic rings. The number of carbonyl (C=O) groups is 2. The fraction of sp³-hybridized carbons (Fsp3) is 0.333. The van der Waals surface area contributed by atoms with Gasteiger partial charge in [-0.15, -0.1) is 0 Å². The molecule has 0 spiro atoms. The molecule has 298 valence electrons. The Morgan fingerprint density at radius 3 is 1.68 bits per heavy atom. The third-order valence-corrected chi connectivity index (χ3v) is 9.65. The van der Waals surface area contributed by atoms with Crippen LogP contribution in [0.5, 0.6) is 17.6 Å². The van der Waals surface area contributed by atoms with Crippen LogP contribution in [0.2, 0.25) is 0 Å². The highest BCUT2D eigenvalue weighted by molar-refractivity contribution is 5.79. The highest BCUT2D eigenvalue weighted by atomic mass is 19.1. The van der Waals surface area contributed by atoms with Crippen LogP contribution in [0.15, 0.2) is 87.8 Å². The van der Waals surface area contributed by atoms with Gasteiger partial charge in [0.05, 0.1) is 32.3 Å². The Morgan fingerprint density at radius 1 is 0.684 bits per heavy atom. The molecule has 1 N–H and O–H groups in total. The van der Waals surface area contributed by atoms with Crippen LogP contribution in [0.25, 0.3) is 0 Å². The normalized spacial score (nSPS) is 21.1. The summed E-state index contributed by atoms with van der Waals surface area (Å²) in [5.41, 5.74) is 0.470. The van der Waals surface area contributed by atoms with Crippen LogP contribution in [-0.2, 0) is 0 Å². The molecule has 0 unspecified atom stereocenters. The van der Waals surface area contributed by atoms with Gasteiger partial charge in [0.15, 0.2) is 5.88 Å². The number of benzene rings is 2. The zero-order valence-corrected chi connectivity index (χ0v) is 30.6. The molecule has 2 fully saturated rings. The molecule has 14 nitrogen and oxygen atoms in total. The van der Waals surface area contributed by atoms with Crippen LogP contribution in [-0.4, -0.2) is 99.8 Å². The van der Waals surface area contributed by atoms with Gasteiger partial charge in [0, 0.05) is 81.5 Å². The predicted octanol–water partition coefficient (Wildman–Crippen LogP) is 6.03. The smallest absolute Gasteiger partial charge is 0.341 e. The largest absolute Gasteiger partial charge is 0.481 e. The predicted molar refractivity (Wildman–Crippen MR) is 198 cm³/mol. The number of aromatic amines is 1. The summed E-state index contributed by atoms with van der Waals surface area (Å²) in [7, 11) is 1.53. The SMILES string of the molecule is COc1cccc(O[C@@H]2CCN(C(=O)N3N=CC[C@H]3c3cc(F)cc(F)c3)C2)n1.O=C(N1CC[C@@H](Oc2cccc(=O)[nH]2)C1)N1N=CC[C@H]1c1cc(F)cc(F)c1. The number of aromatic nitrogens is 2. The van der Waals surface area contributed by atoms with Crippen LogP contribution < -0.4 is 19.8 Å². The van der Waals surface area contributed by atoms with E-state index < -0.39 is 35.4 Å². The van der Waals surface area contributed by atoms with Gasteiger partial charge in [-0.2, -0.15) is 15.2 Å². The topological polar surface area (TPSA) is 145 Å². The average Bonchev–Trinajstić information content (AvgIpc) is 4.02. The van der Waals surface area contributed by atoms with E-state index in [4.69, 9.17) is 14.2 Å². The van der Waals surface area contributed by atoms with E-state index >= 15 is 0 Å². The molecular formula is C39H38F4N8O6. The second kappa shape index (κ2) is 17.1. The molecule has 0 bridgehead atoms. The number of pyridine rings is 2. The van der Waals surface area contributed by atoms with Gasteiger partial charge in [-0.25, -0.2) is 37.2 Å². The van der Waals surface area contributed by atoms with Crippen molar-refractivity contribution in [1.29, 1.82) is 0 Å². The molecular weight excluding hydrogens is 752 g/mol. The Balaban J connectivity index is 0.000000174. The van der Waals surface area contributed by atoms with Gasteiger partial charge >= 0.3 is 12.1 Å². The van der Waals surface area contributed by atoms with Gasteiger partial charge in [0.2, 0.25) is 11.8 Å². The second-order valence-corrected chi connectivity index (χ2v) is 13.6. The molecule has 6 heterocycles. The first-order chi connectivity index (χ1) is 27.5. The molecule has 4 aliphatic rings. The summed E-state index contributed by atoms with van der Waals surface area (Å²) in [4.78, 5) is 47.2. The van der Waals surface area contributed by atoms with Crippen LogP contribution in [0.4, 0.5) is 27.2 Å². The van der Waals surface area contributed by atoms with Crippen molar-refractivity contribution in [3.05, 3.63) is 118 Å². The van der Waals surface area contributed by atoms with E-state index in [1.165, 1.54) is 47.5 Å². The van der Waals surface area contributed by atoms with E-state index in [0.29, 0.717) is 80.6 Å². The van der Waals surface area contributed by atoms with Crippen molar-refractivity contribution in [3.63, 3.8) is 0 Å². The van der Waals surface area contributed by atoms with Gasteiger partial charge < -0.3 is 24.0 Å². The van der Waals surface area contributed by atoms with Crippen molar-refractivity contribution in [3.8, 4) is 17.6 Å². The fourth-order valence-corrected chi connectivity index (χ4v) is 6.99. The molecule has 57 heavy (non-hydrogen) atoms. The minimum atomic E-state index is -0.694. The lowest BCUT2D eigenvalue weighted by molar-refractivity contribution is 0.141. The molecule has 2 aromatic heterocycles. The van der Waals surface area contributed by atoms with Crippen molar-refractivity contribution in [1.82, 2.24) is 29.8 Å². The van der Waals surface area contributed by atoms with E-state index in [0.717, 1.165) is 12.1 Å². The summed E-state index contributed by atoms with van der Waals surface area (Å²) < 4.78 is 71.0. The molecule has 0 radical (unpaired) electrons. The number of methoxy groups -OCH3 is 1. The average molecular weight is 791 g/mol. The maximum atomic E-state index is 13.6. The summed E-state index contributed by atoms with van der Waals surface area (Å²) in [6, 6.07) is 14.6. The molecule has 4 atom stereocenters. The van der Waals surface area contributed by atoms with E-state index in [-0.39, 0.29) is 29.8 Å². The highest BCUT2D eigenvalue weighted by Crippen LogP contribution is 2.33. The Bertz CT molecular complexity index is 2180. The number of nitrogens with one attached hydrogen (secondary N) is 1. The number of hydrogen-bond donors (Lipinski definition) is 1. The van der Waals surface area contributed by atoms with Crippen molar-refractivity contribution >= 4 is 24.5 Å². The lowest BCUT2D eigenvalue weighted by atomic mass is 10.0. The number of amides is 4. The van der Waals surface area contributed by atoms with E-state index in [1.54, 1.807) is 52.6 Å². The van der Waals surface area contributed by atoms with Crippen LogP contribution in [0, 0.1) is 23.3 Å². The Labute approximate surface area is 323 Å². The standard InChI is InChI=1S/C20H20F2N4O3.C19H18F2N4O3/c1-28-18-3-2-4-19(24-18)29-16-6-8-25(12-16)20(27)26-17(5-7-23-26)13-9-14(21)11-15(22)10-13;20-13-8-12(9-14(21)10-13)16-4-6-22-25(16)19(27)24-7-5-15(11-24)28-18-3-1-2-17(26)23-18/h2-4,7,9-11,16-17H,5-6,8,12H2,1H3;1-3,6,8-10,15-16H,4-5,7,11H2,(H,23,26)/t16-,17+;15-,16+/m11/s1. The molecule has 2 saturated heterocycles. The first-order valence-electron chi connectivity index (χ1n) is 18.2. The molecule has 2 aromatic carbocycles. The molecule has 4 aliphatic heterocycles. The summed E-state index contributed by atoms with van der Waals surface area (Å²) in [5, 5.41) is 10.8. The zero-order chi connectivity index (χ0) is 40.1. The number of rotatable bonds is 7. The minimum absolute atomic E-state index is 0.213. The number of carbonyl (C=O) groups excluding carboxylic acids is 2. The summed E-state index contributed by atoms with van der Waals surface area (Å²) in [6.07, 6.45) is 4.68. The Kier molecular flexibility index (Phi) is 11.7. The van der Waals surface area contributed by atoms with Crippen LogP contribution in [0.1, 0.15) is 48.9 Å². The second-order valence-electron chi connectivity index (χ2n) is 13.6. The first-order valence-corrected chi connectivity index (χ1v) is 18.2. The zero-order valence-electron chi connectivity index (χ0n) is 30.6. The maximum Gasteiger partial charge on any atom is 0.341 e. The van der Waals surface area contributed by atoms with Gasteiger partial charge in [0.1, 0.15) is 35.5 Å². The molecule has 8 rings (SSSR count). The van der Waals surface area contributed by atoms with Crippen molar-refractivity contribution in [2.45, 2.75) is 50.0 Å². The molecule has 18 heteroatoms. The third-order valence-electron chi connectivity index (χ3n) is 9.65. The molecule has 0 saturated carbocycles. The number of likely N-dealkylation sites (tertiary alicyclic amines) is 2. The van der Waals surface area contributed by atoms with Crippen LogP contribution in [0.3, 0.4) is 0 Å². The van der Waals surface area contributed by atoms with Crippen molar-refractivity contribution in [2.75, 3.05) is 33.3 Å². The van der Waals surface area contributed by atoms with Crippen molar-refractivity contribution < 1.29 is 41.4 Å². The van der Waals surface area contributed by atoms with Gasteiger partial charge in [0.25, 0.3) is 5.56 Å². The Hall–Kier alpha value is -6.46. The number of hydrogen-bond acceptors (Lipinski definition) is 9. The highest BCUT2D eigenvalue weighted by Gasteiger charge is 2.38. The Morgan fingerprint density at radius 2 is 1.18 bits per heavy atom. The first kappa shape index (κ1) is 38.8. The van der Waals surface area contributed by atoms with E-state index in [2.05, 4.69) is 20.2 Å². The number of ether oxygens (including phenoxy) is 3. The lowest BCUT2D eigenvalue weighted by Gasteiger charge is -2.27. The summed E-state index contributed by atoms with van der Waals surface area (Å²) in [5.74, 6) is -1.53. The number of hydrazone groups is 2. The number of H-pyrrole nitrogens is 1. The van der Waals surface area contributed by atoms with Crippen LogP contribution >= 0.6 is 0 Å². The fourth-order valence-electron chi connectivity index (χ4n) is 6.99. The third kappa shape index (κ3) is 9.33. The van der Waals surface area contributed by atoms with Gasteiger partial charge in [-0.1, -0.05) is 12.1 Å². The number of nitrogens with zero attached hydrogens (tertiary/aromatic N) is 7. The van der Waals surface area contributed by atoms with E-state index in [9.17, 15) is 31.9 Å². The number of halogens is 4.